The molecule has 0 saturated carbocycles. The van der Waals surface area contributed by atoms with Gasteiger partial charge in [-0.3, -0.25) is 9.48 Å². The largest absolute Gasteiger partial charge is 0.488 e. The Morgan fingerprint density at radius 3 is 2.71 bits per heavy atom. The van der Waals surface area contributed by atoms with E-state index in [1.54, 1.807) is 0 Å². The molecule has 0 radical (unpaired) electrons. The van der Waals surface area contributed by atoms with Crippen LogP contribution in [0.2, 0.25) is 0 Å². The molecule has 0 aliphatic heterocycles. The second-order valence-corrected chi connectivity index (χ2v) is 8.06. The van der Waals surface area contributed by atoms with Crippen molar-refractivity contribution in [2.75, 3.05) is 6.54 Å². The molecule has 5 nitrogen and oxygen atoms in total. The molecule has 0 bridgehead atoms. The molecular weight excluding hydrogens is 486 g/mol. The highest BCUT2D eigenvalue weighted by Crippen LogP contribution is 2.24. The Balaban J connectivity index is 1.48. The van der Waals surface area contributed by atoms with E-state index in [0.717, 1.165) is 38.9 Å². The maximum Gasteiger partial charge on any atom is 0.251 e. The maximum absolute atomic E-state index is 12.4. The summed E-state index contributed by atoms with van der Waals surface area (Å²) in [4.78, 5) is 12.4. The van der Waals surface area contributed by atoms with Crippen LogP contribution in [0.15, 0.2) is 63.7 Å². The molecule has 1 heterocycles. The summed E-state index contributed by atoms with van der Waals surface area (Å²) in [5, 5.41) is 7.35. The number of nitrogens with zero attached hydrogens (tertiary/aromatic N) is 2. The summed E-state index contributed by atoms with van der Waals surface area (Å²) in [6.45, 7) is 3.70. The fraction of sp³-hybridized carbons (Fsp3) is 0.238. The molecule has 146 valence electrons. The van der Waals surface area contributed by atoms with Gasteiger partial charge in [-0.2, -0.15) is 5.10 Å². The van der Waals surface area contributed by atoms with E-state index < -0.39 is 0 Å². The van der Waals surface area contributed by atoms with E-state index in [1.807, 2.05) is 66.3 Å². The van der Waals surface area contributed by atoms with Crippen LogP contribution in [0.4, 0.5) is 0 Å². The minimum atomic E-state index is -0.0828. The summed E-state index contributed by atoms with van der Waals surface area (Å²) in [6.07, 6.45) is 2.76. The number of carbonyl (C=O) groups is 1. The van der Waals surface area contributed by atoms with Crippen LogP contribution in [-0.2, 0) is 13.2 Å². The van der Waals surface area contributed by atoms with Crippen LogP contribution in [0.1, 0.15) is 28.0 Å². The van der Waals surface area contributed by atoms with Crippen molar-refractivity contribution in [3.05, 3.63) is 80.5 Å². The van der Waals surface area contributed by atoms with E-state index in [1.165, 1.54) is 0 Å². The van der Waals surface area contributed by atoms with Crippen molar-refractivity contribution in [1.82, 2.24) is 15.1 Å². The monoisotopic (exact) mass is 505 g/mol. The molecule has 0 spiro atoms. The summed E-state index contributed by atoms with van der Waals surface area (Å²) in [5.74, 6) is 0.693. The van der Waals surface area contributed by atoms with Gasteiger partial charge in [-0.15, -0.1) is 0 Å². The van der Waals surface area contributed by atoms with Crippen molar-refractivity contribution < 1.29 is 9.53 Å². The molecule has 3 aromatic rings. The molecule has 0 fully saturated rings. The Bertz CT molecular complexity index is 937. The second kappa shape index (κ2) is 9.89. The minimum Gasteiger partial charge on any atom is -0.488 e. The van der Waals surface area contributed by atoms with Gasteiger partial charge < -0.3 is 10.1 Å². The quantitative estimate of drug-likeness (QED) is 0.431. The lowest BCUT2D eigenvalue weighted by atomic mass is 10.1. The van der Waals surface area contributed by atoms with Crippen molar-refractivity contribution in [2.24, 2.45) is 0 Å². The zero-order valence-corrected chi connectivity index (χ0v) is 18.7. The van der Waals surface area contributed by atoms with E-state index in [9.17, 15) is 4.79 Å². The van der Waals surface area contributed by atoms with Crippen LogP contribution in [0.3, 0.4) is 0 Å². The van der Waals surface area contributed by atoms with E-state index >= 15 is 0 Å². The third-order valence-electron chi connectivity index (χ3n) is 4.16. The van der Waals surface area contributed by atoms with Crippen LogP contribution >= 0.6 is 31.9 Å². The van der Waals surface area contributed by atoms with Gasteiger partial charge in [0.15, 0.2) is 0 Å². The van der Waals surface area contributed by atoms with E-state index in [-0.39, 0.29) is 5.91 Å². The number of benzene rings is 2. The highest BCUT2D eigenvalue weighted by atomic mass is 79.9. The van der Waals surface area contributed by atoms with Gasteiger partial charge in [0, 0.05) is 24.8 Å². The highest BCUT2D eigenvalue weighted by Gasteiger charge is 2.07. The Morgan fingerprint density at radius 2 is 1.96 bits per heavy atom. The fourth-order valence-electron chi connectivity index (χ4n) is 2.68. The van der Waals surface area contributed by atoms with Gasteiger partial charge >= 0.3 is 0 Å². The smallest absolute Gasteiger partial charge is 0.251 e. The summed E-state index contributed by atoms with van der Waals surface area (Å²) < 4.78 is 9.61. The number of rotatable bonds is 8. The molecule has 7 heteroatoms. The summed E-state index contributed by atoms with van der Waals surface area (Å²) in [5.41, 5.74) is 2.54. The molecular formula is C21H21Br2N3O2. The first-order valence-corrected chi connectivity index (χ1v) is 10.6. The lowest BCUT2D eigenvalue weighted by Crippen LogP contribution is -2.25. The lowest BCUT2D eigenvalue weighted by Gasteiger charge is -2.10. The van der Waals surface area contributed by atoms with Crippen molar-refractivity contribution >= 4 is 37.8 Å². The van der Waals surface area contributed by atoms with Crippen LogP contribution < -0.4 is 10.1 Å². The SMILES string of the molecule is Cc1nn(CCCNC(=O)c2cccc(COc3ccccc3Br)c2)cc1Br. The molecule has 0 aliphatic carbocycles. The number of nitrogens with one attached hydrogen (secondary N) is 1. The first-order valence-electron chi connectivity index (χ1n) is 8.97. The van der Waals surface area contributed by atoms with Crippen LogP contribution in [-0.4, -0.2) is 22.2 Å². The van der Waals surface area contributed by atoms with Gasteiger partial charge in [0.1, 0.15) is 12.4 Å². The molecule has 0 atom stereocenters. The Hall–Kier alpha value is -2.12. The molecule has 2 aromatic carbocycles. The van der Waals surface area contributed by atoms with Gasteiger partial charge in [0.05, 0.1) is 14.6 Å². The van der Waals surface area contributed by atoms with E-state index in [0.29, 0.717) is 18.7 Å². The average molecular weight is 507 g/mol. The molecule has 1 amide bonds. The number of amides is 1. The number of aromatic nitrogens is 2. The predicted octanol–water partition coefficient (Wildman–Crippen LogP) is 5.12. The lowest BCUT2D eigenvalue weighted by molar-refractivity contribution is 0.0952. The average Bonchev–Trinajstić information content (AvgIpc) is 3.02. The predicted molar refractivity (Wildman–Crippen MR) is 117 cm³/mol. The Morgan fingerprint density at radius 1 is 1.14 bits per heavy atom. The van der Waals surface area contributed by atoms with Gasteiger partial charge in [-0.1, -0.05) is 24.3 Å². The normalized spacial score (nSPS) is 10.7. The third-order valence-corrected chi connectivity index (χ3v) is 5.59. The van der Waals surface area contributed by atoms with Gasteiger partial charge in [0.25, 0.3) is 5.91 Å². The highest BCUT2D eigenvalue weighted by molar-refractivity contribution is 9.10. The molecule has 3 rings (SSSR count). The van der Waals surface area contributed by atoms with Crippen LogP contribution in [0.25, 0.3) is 0 Å². The number of para-hydroxylation sites is 1. The number of hydrogen-bond acceptors (Lipinski definition) is 3. The molecule has 1 N–H and O–H groups in total. The zero-order valence-electron chi connectivity index (χ0n) is 15.5. The van der Waals surface area contributed by atoms with Crippen molar-refractivity contribution in [3.8, 4) is 5.75 Å². The molecule has 28 heavy (non-hydrogen) atoms. The first kappa shape index (κ1) is 20.6. The molecule has 0 unspecified atom stereocenters. The van der Waals surface area contributed by atoms with Crippen molar-refractivity contribution in [3.63, 3.8) is 0 Å². The summed E-state index contributed by atoms with van der Waals surface area (Å²) in [7, 11) is 0. The zero-order chi connectivity index (χ0) is 19.9. The van der Waals surface area contributed by atoms with Crippen LogP contribution in [0, 0.1) is 6.92 Å². The minimum absolute atomic E-state index is 0.0828. The van der Waals surface area contributed by atoms with Crippen LogP contribution in [0.5, 0.6) is 5.75 Å². The van der Waals surface area contributed by atoms with E-state index in [2.05, 4.69) is 42.3 Å². The topological polar surface area (TPSA) is 56.2 Å². The van der Waals surface area contributed by atoms with Gasteiger partial charge in [0.2, 0.25) is 0 Å². The van der Waals surface area contributed by atoms with Gasteiger partial charge in [-0.05, 0) is 75.0 Å². The number of hydrogen-bond donors (Lipinski definition) is 1. The molecule has 1 aromatic heterocycles. The first-order chi connectivity index (χ1) is 13.5. The number of aryl methyl sites for hydroxylation is 2. The Kier molecular flexibility index (Phi) is 7.28. The third kappa shape index (κ3) is 5.69. The Labute approximate surface area is 181 Å². The summed E-state index contributed by atoms with van der Waals surface area (Å²) >= 11 is 6.92. The molecule has 0 aliphatic rings. The number of carbonyl (C=O) groups excluding carboxylic acids is 1. The fourth-order valence-corrected chi connectivity index (χ4v) is 3.39. The van der Waals surface area contributed by atoms with Crippen molar-refractivity contribution in [2.45, 2.75) is 26.5 Å². The number of halogens is 2. The summed E-state index contributed by atoms with van der Waals surface area (Å²) in [6, 6.07) is 15.2. The second-order valence-electron chi connectivity index (χ2n) is 6.35. The maximum atomic E-state index is 12.4. The van der Waals surface area contributed by atoms with E-state index in [4.69, 9.17) is 4.74 Å². The van der Waals surface area contributed by atoms with Crippen molar-refractivity contribution in [1.29, 1.82) is 0 Å². The molecule has 0 saturated heterocycles. The van der Waals surface area contributed by atoms with Gasteiger partial charge in [-0.25, -0.2) is 0 Å². The number of ether oxygens (including phenoxy) is 1. The standard InChI is InChI=1S/C21H21Br2N3O2/c1-15-19(23)13-26(25-15)11-5-10-24-21(27)17-7-4-6-16(12-17)14-28-20-9-3-2-8-18(20)22/h2-4,6-9,12-13H,5,10-11,14H2,1H3,(H,24,27).